The average molecular weight is 394 g/mol. The third-order valence-corrected chi connectivity index (χ3v) is 6.74. The van der Waals surface area contributed by atoms with Crippen molar-refractivity contribution in [2.24, 2.45) is 13.0 Å². The van der Waals surface area contributed by atoms with Crippen LogP contribution in [0, 0.1) is 11.7 Å². The molecule has 0 unspecified atom stereocenters. The number of benzene rings is 1. The number of halogens is 1. The topological polar surface area (TPSA) is 75.5 Å². The van der Waals surface area contributed by atoms with Gasteiger partial charge in [-0.05, 0) is 25.0 Å². The molecule has 1 aliphatic rings. The third kappa shape index (κ3) is 4.19. The first kappa shape index (κ1) is 19.5. The molecule has 9 heteroatoms. The van der Waals surface area contributed by atoms with Crippen LogP contribution in [-0.4, -0.2) is 53.4 Å². The molecule has 2 aromatic rings. The molecule has 1 amide bonds. The molecule has 27 heavy (non-hydrogen) atoms. The highest BCUT2D eigenvalue weighted by atomic mass is 32.2. The quantitative estimate of drug-likeness (QED) is 0.772. The molecule has 0 atom stereocenters. The molecule has 1 aromatic carbocycles. The summed E-state index contributed by atoms with van der Waals surface area (Å²) in [5.41, 5.74) is 0.938. The number of hydrogen-bond donors (Lipinski definition) is 0. The maximum Gasteiger partial charge on any atom is 0.245 e. The maximum absolute atomic E-state index is 13.9. The third-order valence-electron chi connectivity index (χ3n) is 4.81. The van der Waals surface area contributed by atoms with E-state index >= 15 is 0 Å². The second-order valence-corrected chi connectivity index (χ2v) is 8.73. The van der Waals surface area contributed by atoms with E-state index in [4.69, 9.17) is 0 Å². The predicted octanol–water partition coefficient (Wildman–Crippen LogP) is 1.62. The van der Waals surface area contributed by atoms with Crippen LogP contribution < -0.4 is 0 Å². The molecule has 0 saturated carbocycles. The van der Waals surface area contributed by atoms with Gasteiger partial charge in [0.2, 0.25) is 15.9 Å². The lowest BCUT2D eigenvalue weighted by atomic mass is 9.96. The maximum atomic E-state index is 13.9. The lowest BCUT2D eigenvalue weighted by Crippen LogP contribution is -2.43. The standard InChI is InChI=1S/C18H23FN4O3S/c1-21(12-14-11-20-22(2)13-14)18(24)15-7-9-23(10-8-15)27(25,26)17-6-4-3-5-16(17)19/h3-6,11,13,15H,7-10,12H2,1-2H3. The van der Waals surface area contributed by atoms with Crippen molar-refractivity contribution < 1.29 is 17.6 Å². The van der Waals surface area contributed by atoms with Crippen LogP contribution in [0.25, 0.3) is 0 Å². The van der Waals surface area contributed by atoms with Crippen LogP contribution >= 0.6 is 0 Å². The number of aryl methyl sites for hydroxylation is 1. The van der Waals surface area contributed by atoms with Crippen molar-refractivity contribution in [1.82, 2.24) is 19.0 Å². The number of nitrogens with zero attached hydrogens (tertiary/aromatic N) is 4. The minimum Gasteiger partial charge on any atom is -0.341 e. The van der Waals surface area contributed by atoms with E-state index in [1.165, 1.54) is 22.5 Å². The molecule has 0 spiro atoms. The highest BCUT2D eigenvalue weighted by molar-refractivity contribution is 7.89. The molecule has 146 valence electrons. The van der Waals surface area contributed by atoms with E-state index in [9.17, 15) is 17.6 Å². The number of carbonyl (C=O) groups excluding carboxylic acids is 1. The van der Waals surface area contributed by atoms with Crippen LogP contribution in [0.15, 0.2) is 41.6 Å². The van der Waals surface area contributed by atoms with Gasteiger partial charge in [-0.25, -0.2) is 12.8 Å². The van der Waals surface area contributed by atoms with Gasteiger partial charge >= 0.3 is 0 Å². The summed E-state index contributed by atoms with van der Waals surface area (Å²) >= 11 is 0. The van der Waals surface area contributed by atoms with Crippen molar-refractivity contribution in [2.75, 3.05) is 20.1 Å². The smallest absolute Gasteiger partial charge is 0.245 e. The Balaban J connectivity index is 1.61. The van der Waals surface area contributed by atoms with Crippen molar-refractivity contribution >= 4 is 15.9 Å². The predicted molar refractivity (Wildman–Crippen MR) is 97.6 cm³/mol. The van der Waals surface area contributed by atoms with Crippen LogP contribution in [0.4, 0.5) is 4.39 Å². The molecular weight excluding hydrogens is 371 g/mol. The lowest BCUT2D eigenvalue weighted by Gasteiger charge is -2.32. The summed E-state index contributed by atoms with van der Waals surface area (Å²) in [5.74, 6) is -1.01. The minimum atomic E-state index is -3.89. The fourth-order valence-corrected chi connectivity index (χ4v) is 4.89. The largest absolute Gasteiger partial charge is 0.341 e. The van der Waals surface area contributed by atoms with Gasteiger partial charge in [0, 0.05) is 51.4 Å². The number of aromatic nitrogens is 2. The summed E-state index contributed by atoms with van der Waals surface area (Å²) < 4.78 is 42.1. The van der Waals surface area contributed by atoms with Gasteiger partial charge in [0.1, 0.15) is 10.7 Å². The molecule has 1 saturated heterocycles. The van der Waals surface area contributed by atoms with Crippen molar-refractivity contribution in [3.63, 3.8) is 0 Å². The van der Waals surface area contributed by atoms with Crippen molar-refractivity contribution in [1.29, 1.82) is 0 Å². The molecule has 3 rings (SSSR count). The summed E-state index contributed by atoms with van der Waals surface area (Å²) in [6, 6.07) is 5.36. The second-order valence-electron chi connectivity index (χ2n) is 6.83. The number of amides is 1. The van der Waals surface area contributed by atoms with Crippen LogP contribution in [0.5, 0.6) is 0 Å². The summed E-state index contributed by atoms with van der Waals surface area (Å²) in [6.07, 6.45) is 4.41. The summed E-state index contributed by atoms with van der Waals surface area (Å²) in [7, 11) is -0.335. The Morgan fingerprint density at radius 1 is 1.30 bits per heavy atom. The van der Waals surface area contributed by atoms with E-state index in [1.54, 1.807) is 22.8 Å². The van der Waals surface area contributed by atoms with Gasteiger partial charge in [-0.3, -0.25) is 9.48 Å². The SMILES string of the molecule is CN(Cc1cnn(C)c1)C(=O)C1CCN(S(=O)(=O)c2ccccc2F)CC1. The Bertz CT molecular complexity index is 920. The number of carbonyl (C=O) groups is 1. The molecule has 0 radical (unpaired) electrons. The van der Waals surface area contributed by atoms with E-state index in [0.717, 1.165) is 11.6 Å². The van der Waals surface area contributed by atoms with Crippen LogP contribution in [0.1, 0.15) is 18.4 Å². The Labute approximate surface area is 158 Å². The van der Waals surface area contributed by atoms with E-state index in [-0.39, 0.29) is 29.8 Å². The van der Waals surface area contributed by atoms with Gasteiger partial charge in [-0.2, -0.15) is 9.40 Å². The minimum absolute atomic E-state index is 0.0122. The molecule has 0 aliphatic carbocycles. The van der Waals surface area contributed by atoms with Gasteiger partial charge < -0.3 is 4.90 Å². The zero-order chi connectivity index (χ0) is 19.6. The Kier molecular flexibility index (Phi) is 5.61. The lowest BCUT2D eigenvalue weighted by molar-refractivity contribution is -0.135. The van der Waals surface area contributed by atoms with Gasteiger partial charge in [0.15, 0.2) is 0 Å². The van der Waals surface area contributed by atoms with E-state index in [2.05, 4.69) is 5.10 Å². The molecule has 7 nitrogen and oxygen atoms in total. The van der Waals surface area contributed by atoms with Crippen molar-refractivity contribution in [3.05, 3.63) is 48.0 Å². The molecule has 2 heterocycles. The van der Waals surface area contributed by atoms with Crippen LogP contribution in [0.3, 0.4) is 0 Å². The molecule has 1 aromatic heterocycles. The van der Waals surface area contributed by atoms with E-state index < -0.39 is 15.8 Å². The first-order valence-electron chi connectivity index (χ1n) is 8.76. The summed E-state index contributed by atoms with van der Waals surface area (Å²) in [5, 5.41) is 4.09. The van der Waals surface area contributed by atoms with E-state index in [0.29, 0.717) is 19.4 Å². The first-order chi connectivity index (χ1) is 12.8. The number of hydrogen-bond acceptors (Lipinski definition) is 4. The fraction of sp³-hybridized carbons (Fsp3) is 0.444. The van der Waals surface area contributed by atoms with Gasteiger partial charge in [0.25, 0.3) is 0 Å². The van der Waals surface area contributed by atoms with Gasteiger partial charge in [0.05, 0.1) is 6.20 Å². The van der Waals surface area contributed by atoms with Crippen LogP contribution in [0.2, 0.25) is 0 Å². The summed E-state index contributed by atoms with van der Waals surface area (Å²) in [4.78, 5) is 14.0. The van der Waals surface area contributed by atoms with Crippen molar-refractivity contribution in [3.8, 4) is 0 Å². The average Bonchev–Trinajstić information content (AvgIpc) is 3.06. The zero-order valence-electron chi connectivity index (χ0n) is 15.4. The number of sulfonamides is 1. The zero-order valence-corrected chi connectivity index (χ0v) is 16.2. The Morgan fingerprint density at radius 2 is 1.96 bits per heavy atom. The van der Waals surface area contributed by atoms with Crippen molar-refractivity contribution in [2.45, 2.75) is 24.3 Å². The molecule has 0 bridgehead atoms. The van der Waals surface area contributed by atoms with Crippen LogP contribution in [-0.2, 0) is 28.4 Å². The monoisotopic (exact) mass is 394 g/mol. The fourth-order valence-electron chi connectivity index (χ4n) is 3.35. The molecule has 1 fully saturated rings. The normalized spacial score (nSPS) is 16.4. The van der Waals surface area contributed by atoms with Gasteiger partial charge in [-0.15, -0.1) is 0 Å². The number of rotatable bonds is 5. The molecule has 0 N–H and O–H groups in total. The first-order valence-corrected chi connectivity index (χ1v) is 10.2. The highest BCUT2D eigenvalue weighted by Crippen LogP contribution is 2.26. The Morgan fingerprint density at radius 3 is 2.56 bits per heavy atom. The Hall–Kier alpha value is -2.26. The number of piperidine rings is 1. The molecule has 1 aliphatic heterocycles. The van der Waals surface area contributed by atoms with Gasteiger partial charge in [-0.1, -0.05) is 12.1 Å². The van der Waals surface area contributed by atoms with E-state index in [1.807, 2.05) is 13.2 Å². The second kappa shape index (κ2) is 7.77. The summed E-state index contributed by atoms with van der Waals surface area (Å²) in [6.45, 7) is 0.863. The molecular formula is C18H23FN4O3S. The highest BCUT2D eigenvalue weighted by Gasteiger charge is 2.34.